The summed E-state index contributed by atoms with van der Waals surface area (Å²) in [6.45, 7) is 2.27. The van der Waals surface area contributed by atoms with Crippen molar-refractivity contribution in [3.05, 3.63) is 77.2 Å². The van der Waals surface area contributed by atoms with E-state index in [9.17, 15) is 23.9 Å². The van der Waals surface area contributed by atoms with Gasteiger partial charge in [0.1, 0.15) is 17.3 Å². The third-order valence-corrected chi connectivity index (χ3v) is 5.85. The van der Waals surface area contributed by atoms with E-state index in [-0.39, 0.29) is 23.7 Å². The lowest BCUT2D eigenvalue weighted by molar-refractivity contribution is -0.137. The maximum Gasteiger partial charge on any atom is 0.305 e. The Morgan fingerprint density at radius 3 is 2.59 bits per heavy atom. The number of anilines is 1. The molecule has 2 N–H and O–H groups in total. The van der Waals surface area contributed by atoms with Crippen LogP contribution in [0.15, 0.2) is 54.6 Å². The van der Waals surface area contributed by atoms with Crippen molar-refractivity contribution in [1.29, 1.82) is 0 Å². The van der Waals surface area contributed by atoms with Gasteiger partial charge in [0.05, 0.1) is 12.5 Å². The number of para-hydroxylation sites is 1. The highest BCUT2D eigenvalue weighted by atomic mass is 19.1. The second kappa shape index (κ2) is 9.86. The van der Waals surface area contributed by atoms with Crippen LogP contribution in [0, 0.1) is 12.7 Å². The zero-order valence-corrected chi connectivity index (χ0v) is 18.7. The molecule has 1 saturated heterocycles. The number of carboxylic acid groups (broad SMARTS) is 1. The molecule has 0 radical (unpaired) electrons. The summed E-state index contributed by atoms with van der Waals surface area (Å²) < 4.78 is 15.9. The predicted octanol–water partition coefficient (Wildman–Crippen LogP) is 3.78. The van der Waals surface area contributed by atoms with Crippen LogP contribution in [0.3, 0.4) is 0 Å². The van der Waals surface area contributed by atoms with E-state index in [4.69, 9.17) is 0 Å². The van der Waals surface area contributed by atoms with E-state index < -0.39 is 23.7 Å². The molecule has 0 spiro atoms. The number of carboxylic acids is 1. The fourth-order valence-corrected chi connectivity index (χ4v) is 4.15. The largest absolute Gasteiger partial charge is 0.481 e. The van der Waals surface area contributed by atoms with Crippen molar-refractivity contribution in [1.82, 2.24) is 15.1 Å². The van der Waals surface area contributed by atoms with Gasteiger partial charge in [-0.25, -0.2) is 9.07 Å². The van der Waals surface area contributed by atoms with Gasteiger partial charge in [-0.05, 0) is 43.0 Å². The summed E-state index contributed by atoms with van der Waals surface area (Å²) in [7, 11) is 0. The predicted molar refractivity (Wildman–Crippen MR) is 123 cm³/mol. The Bertz CT molecular complexity index is 1240. The quantitative estimate of drug-likeness (QED) is 0.554. The molecule has 2 aromatic carbocycles. The minimum Gasteiger partial charge on any atom is -0.481 e. The van der Waals surface area contributed by atoms with Gasteiger partial charge in [-0.3, -0.25) is 19.3 Å². The summed E-state index contributed by atoms with van der Waals surface area (Å²) >= 11 is 0. The molecule has 1 aromatic heterocycles. The van der Waals surface area contributed by atoms with Crippen LogP contribution in [-0.4, -0.2) is 39.2 Å². The smallest absolute Gasteiger partial charge is 0.305 e. The van der Waals surface area contributed by atoms with E-state index in [1.54, 1.807) is 24.3 Å². The zero-order valence-electron chi connectivity index (χ0n) is 18.7. The Balaban J connectivity index is 1.72. The standard InChI is InChI=1S/C25H25FN4O4/c1-16-8-2-3-9-17(16)19(15-24(32)33)27-25(34)20-14-22(29-13-7-6-12-23(29)31)30(28-20)21-11-5-4-10-18(21)26/h2-5,8-11,14,19H,6-7,12-13,15H2,1H3,(H,27,34)(H,32,33). The summed E-state index contributed by atoms with van der Waals surface area (Å²) in [5.41, 5.74) is 1.58. The van der Waals surface area contributed by atoms with Gasteiger partial charge in [0.25, 0.3) is 5.91 Å². The number of piperidine rings is 1. The molecule has 0 bridgehead atoms. The maximum absolute atomic E-state index is 14.6. The van der Waals surface area contributed by atoms with E-state index >= 15 is 0 Å². The molecule has 2 amide bonds. The summed E-state index contributed by atoms with van der Waals surface area (Å²) in [6.07, 6.45) is 1.59. The third-order valence-electron chi connectivity index (χ3n) is 5.85. The van der Waals surface area contributed by atoms with Gasteiger partial charge < -0.3 is 10.4 Å². The Labute approximate surface area is 196 Å². The van der Waals surface area contributed by atoms with Crippen LogP contribution in [0.2, 0.25) is 0 Å². The average Bonchev–Trinajstić information content (AvgIpc) is 3.24. The molecule has 2 heterocycles. The Morgan fingerprint density at radius 2 is 1.88 bits per heavy atom. The molecule has 0 saturated carbocycles. The van der Waals surface area contributed by atoms with E-state index in [0.717, 1.165) is 18.4 Å². The van der Waals surface area contributed by atoms with Gasteiger partial charge in [0.15, 0.2) is 5.69 Å². The summed E-state index contributed by atoms with van der Waals surface area (Å²) in [6, 6.07) is 13.8. The first-order chi connectivity index (χ1) is 16.3. The van der Waals surface area contributed by atoms with Crippen LogP contribution in [0.1, 0.15) is 53.3 Å². The molecule has 34 heavy (non-hydrogen) atoms. The molecular weight excluding hydrogens is 439 g/mol. The number of halogens is 1. The molecule has 1 aliphatic heterocycles. The number of hydrogen-bond acceptors (Lipinski definition) is 4. The summed E-state index contributed by atoms with van der Waals surface area (Å²) in [5, 5.41) is 16.5. The number of carbonyl (C=O) groups is 3. The van der Waals surface area contributed by atoms with Crippen molar-refractivity contribution < 1.29 is 23.9 Å². The number of nitrogens with one attached hydrogen (secondary N) is 1. The Kier molecular flexibility index (Phi) is 6.72. The molecule has 9 heteroatoms. The number of hydrogen-bond donors (Lipinski definition) is 2. The second-order valence-electron chi connectivity index (χ2n) is 8.23. The minimum atomic E-state index is -1.06. The van der Waals surface area contributed by atoms with Gasteiger partial charge in [-0.1, -0.05) is 36.4 Å². The van der Waals surface area contributed by atoms with Crippen LogP contribution in [-0.2, 0) is 9.59 Å². The van der Waals surface area contributed by atoms with Crippen LogP contribution < -0.4 is 10.2 Å². The molecule has 3 aromatic rings. The topological polar surface area (TPSA) is 105 Å². The normalized spacial score (nSPS) is 14.6. The summed E-state index contributed by atoms with van der Waals surface area (Å²) in [4.78, 5) is 38.8. The van der Waals surface area contributed by atoms with Crippen molar-refractivity contribution in [2.75, 3.05) is 11.4 Å². The number of aromatic nitrogens is 2. The molecule has 0 aliphatic carbocycles. The number of benzene rings is 2. The molecule has 1 atom stereocenters. The van der Waals surface area contributed by atoms with Crippen molar-refractivity contribution >= 4 is 23.6 Å². The first kappa shape index (κ1) is 23.2. The number of amides is 2. The molecule has 8 nitrogen and oxygen atoms in total. The Morgan fingerprint density at radius 1 is 1.15 bits per heavy atom. The van der Waals surface area contributed by atoms with Crippen molar-refractivity contribution in [2.24, 2.45) is 0 Å². The minimum absolute atomic E-state index is 0.0411. The lowest BCUT2D eigenvalue weighted by Crippen LogP contribution is -2.36. The lowest BCUT2D eigenvalue weighted by atomic mass is 9.98. The lowest BCUT2D eigenvalue weighted by Gasteiger charge is -2.26. The molecule has 1 unspecified atom stereocenters. The molecule has 4 rings (SSSR count). The van der Waals surface area contributed by atoms with E-state index in [0.29, 0.717) is 24.3 Å². The maximum atomic E-state index is 14.6. The van der Waals surface area contributed by atoms with Crippen molar-refractivity contribution in [2.45, 2.75) is 38.6 Å². The number of aliphatic carboxylic acids is 1. The Hall–Kier alpha value is -4.01. The average molecular weight is 464 g/mol. The highest BCUT2D eigenvalue weighted by Gasteiger charge is 2.28. The van der Waals surface area contributed by atoms with E-state index in [2.05, 4.69) is 10.4 Å². The first-order valence-electron chi connectivity index (χ1n) is 11.1. The highest BCUT2D eigenvalue weighted by molar-refractivity contribution is 5.97. The van der Waals surface area contributed by atoms with E-state index in [1.807, 2.05) is 19.1 Å². The van der Waals surface area contributed by atoms with Gasteiger partial charge >= 0.3 is 5.97 Å². The van der Waals surface area contributed by atoms with Gasteiger partial charge in [-0.15, -0.1) is 0 Å². The fraction of sp³-hybridized carbons (Fsp3) is 0.280. The molecular formula is C25H25FN4O4. The van der Waals surface area contributed by atoms with Crippen LogP contribution >= 0.6 is 0 Å². The molecule has 1 aliphatic rings. The monoisotopic (exact) mass is 464 g/mol. The molecule has 1 fully saturated rings. The van der Waals surface area contributed by atoms with Crippen LogP contribution in [0.4, 0.5) is 10.2 Å². The van der Waals surface area contributed by atoms with Gasteiger partial charge in [0.2, 0.25) is 5.91 Å². The number of rotatable bonds is 7. The van der Waals surface area contributed by atoms with Crippen molar-refractivity contribution in [3.63, 3.8) is 0 Å². The third kappa shape index (κ3) is 4.83. The summed E-state index contributed by atoms with van der Waals surface area (Å²) in [5.74, 6) is -2.06. The van der Waals surface area contributed by atoms with Crippen molar-refractivity contribution in [3.8, 4) is 5.69 Å². The first-order valence-corrected chi connectivity index (χ1v) is 11.1. The molecule has 176 valence electrons. The van der Waals surface area contributed by atoms with Crippen LogP contribution in [0.5, 0.6) is 0 Å². The highest BCUT2D eigenvalue weighted by Crippen LogP contribution is 2.27. The van der Waals surface area contributed by atoms with Crippen LogP contribution in [0.25, 0.3) is 5.69 Å². The second-order valence-corrected chi connectivity index (χ2v) is 8.23. The zero-order chi connectivity index (χ0) is 24.2. The SMILES string of the molecule is Cc1ccccc1C(CC(=O)O)NC(=O)c1cc(N2CCCCC2=O)n(-c2ccccc2F)n1. The number of nitrogens with zero attached hydrogens (tertiary/aromatic N) is 3. The van der Waals surface area contributed by atoms with Gasteiger partial charge in [-0.2, -0.15) is 5.10 Å². The fourth-order valence-electron chi connectivity index (χ4n) is 4.15. The van der Waals surface area contributed by atoms with E-state index in [1.165, 1.54) is 27.8 Å². The number of carbonyl (C=O) groups excluding carboxylic acids is 2. The van der Waals surface area contributed by atoms with Gasteiger partial charge in [0, 0.05) is 19.0 Å². The number of aryl methyl sites for hydroxylation is 1.